The molecular formula is C15H18ClN3O4. The van der Waals surface area contributed by atoms with Gasteiger partial charge in [0.1, 0.15) is 5.69 Å². The Labute approximate surface area is 138 Å². The van der Waals surface area contributed by atoms with Gasteiger partial charge in [-0.1, -0.05) is 41.3 Å². The Hall–Kier alpha value is -2.28. The van der Waals surface area contributed by atoms with E-state index in [0.717, 1.165) is 19.3 Å². The van der Waals surface area contributed by atoms with E-state index < -0.39 is 5.97 Å². The molecule has 8 heteroatoms. The zero-order chi connectivity index (χ0) is 16.7. The number of unbranched alkanes of at least 4 members (excludes halogenated alkanes) is 2. The van der Waals surface area contributed by atoms with Crippen molar-refractivity contribution in [3.63, 3.8) is 0 Å². The average molecular weight is 340 g/mol. The highest BCUT2D eigenvalue weighted by molar-refractivity contribution is 6.30. The predicted molar refractivity (Wildman–Crippen MR) is 83.6 cm³/mol. The number of aromatic nitrogens is 3. The molecule has 0 amide bonds. The number of rotatable bonds is 8. The van der Waals surface area contributed by atoms with Gasteiger partial charge in [0.15, 0.2) is 6.61 Å². The lowest BCUT2D eigenvalue weighted by molar-refractivity contribution is -0.146. The first-order chi connectivity index (χ1) is 11.1. The van der Waals surface area contributed by atoms with Crippen LogP contribution in [0.5, 0.6) is 5.88 Å². The van der Waals surface area contributed by atoms with E-state index in [4.69, 9.17) is 21.1 Å². The summed E-state index contributed by atoms with van der Waals surface area (Å²) in [5.41, 5.74) is 0.800. The first-order valence-corrected chi connectivity index (χ1v) is 7.67. The van der Waals surface area contributed by atoms with E-state index in [1.54, 1.807) is 12.1 Å². The number of carbonyl (C=O) groups is 1. The number of ether oxygens (including phenoxy) is 2. The molecule has 2 rings (SSSR count). The van der Waals surface area contributed by atoms with Crippen molar-refractivity contribution in [1.29, 1.82) is 0 Å². The maximum atomic E-state index is 11.5. The highest BCUT2D eigenvalue weighted by Gasteiger charge is 2.13. The monoisotopic (exact) mass is 339 g/mol. The van der Waals surface area contributed by atoms with Crippen molar-refractivity contribution in [1.82, 2.24) is 14.9 Å². The van der Waals surface area contributed by atoms with Gasteiger partial charge in [0, 0.05) is 12.3 Å². The molecule has 2 aromatic rings. The molecule has 0 saturated heterocycles. The van der Waals surface area contributed by atoms with Gasteiger partial charge < -0.3 is 14.7 Å². The summed E-state index contributed by atoms with van der Waals surface area (Å²) in [6.45, 7) is 2.18. The van der Waals surface area contributed by atoms with Crippen LogP contribution >= 0.6 is 11.6 Å². The quantitative estimate of drug-likeness (QED) is 0.452. The van der Waals surface area contributed by atoms with E-state index in [0.29, 0.717) is 27.9 Å². The molecule has 0 aliphatic heterocycles. The largest absolute Gasteiger partial charge is 0.464 e. The number of halogens is 1. The molecule has 1 N–H and O–H groups in total. The number of nitrogens with zero attached hydrogens (tertiary/aromatic N) is 3. The standard InChI is InChI=1S/C15H18ClN3O4/c1-2-3-4-7-22-15(20)10-23-14-8-13(19(21)18-14)12-6-5-11(16)9-17-12/h5-6,8-9,21H,2-4,7,10H2,1H3. The summed E-state index contributed by atoms with van der Waals surface area (Å²) < 4.78 is 10.2. The summed E-state index contributed by atoms with van der Waals surface area (Å²) in [4.78, 5) is 16.2. The van der Waals surface area contributed by atoms with Crippen molar-refractivity contribution in [2.75, 3.05) is 13.2 Å². The van der Waals surface area contributed by atoms with E-state index in [2.05, 4.69) is 17.0 Å². The summed E-state index contributed by atoms with van der Waals surface area (Å²) in [5, 5.41) is 14.0. The van der Waals surface area contributed by atoms with Crippen LogP contribution in [0.4, 0.5) is 0 Å². The summed E-state index contributed by atoms with van der Waals surface area (Å²) in [5.74, 6) is -0.371. The van der Waals surface area contributed by atoms with Gasteiger partial charge in [-0.3, -0.25) is 4.98 Å². The number of hydrogen-bond acceptors (Lipinski definition) is 6. The fourth-order valence-electron chi connectivity index (χ4n) is 1.84. The lowest BCUT2D eigenvalue weighted by Gasteiger charge is -2.04. The molecule has 0 spiro atoms. The van der Waals surface area contributed by atoms with Gasteiger partial charge in [0.25, 0.3) is 0 Å². The first kappa shape index (κ1) is 17.1. The summed E-state index contributed by atoms with van der Waals surface area (Å²) in [6, 6.07) is 4.75. The van der Waals surface area contributed by atoms with Gasteiger partial charge >= 0.3 is 5.97 Å². The number of pyridine rings is 1. The van der Waals surface area contributed by atoms with Crippen molar-refractivity contribution in [2.24, 2.45) is 0 Å². The molecule has 0 fully saturated rings. The van der Waals surface area contributed by atoms with Gasteiger partial charge in [-0.2, -0.15) is 0 Å². The van der Waals surface area contributed by atoms with Crippen LogP contribution in [0.1, 0.15) is 26.2 Å². The highest BCUT2D eigenvalue weighted by Crippen LogP contribution is 2.22. The van der Waals surface area contributed by atoms with E-state index in [1.807, 2.05) is 0 Å². The van der Waals surface area contributed by atoms with Crippen molar-refractivity contribution >= 4 is 17.6 Å². The van der Waals surface area contributed by atoms with Crippen molar-refractivity contribution in [3.8, 4) is 17.3 Å². The topological polar surface area (TPSA) is 86.5 Å². The second-order valence-corrected chi connectivity index (χ2v) is 5.27. The summed E-state index contributed by atoms with van der Waals surface area (Å²) in [7, 11) is 0. The smallest absolute Gasteiger partial charge is 0.344 e. The van der Waals surface area contributed by atoms with Crippen LogP contribution in [0.25, 0.3) is 11.4 Å². The van der Waals surface area contributed by atoms with Crippen molar-refractivity contribution in [2.45, 2.75) is 26.2 Å². The Balaban J connectivity index is 1.88. The predicted octanol–water partition coefficient (Wildman–Crippen LogP) is 2.95. The van der Waals surface area contributed by atoms with Crippen LogP contribution in [0.15, 0.2) is 24.4 Å². The maximum Gasteiger partial charge on any atom is 0.344 e. The first-order valence-electron chi connectivity index (χ1n) is 7.30. The summed E-state index contributed by atoms with van der Waals surface area (Å²) in [6.07, 6.45) is 4.36. The average Bonchev–Trinajstić information content (AvgIpc) is 2.91. The fraction of sp³-hybridized carbons (Fsp3) is 0.400. The molecule has 2 aromatic heterocycles. The Kier molecular flexibility index (Phi) is 6.22. The Morgan fingerprint density at radius 2 is 2.22 bits per heavy atom. The van der Waals surface area contributed by atoms with Crippen LogP contribution in [0.2, 0.25) is 5.02 Å². The lowest BCUT2D eigenvalue weighted by atomic mass is 10.3. The Morgan fingerprint density at radius 1 is 1.39 bits per heavy atom. The molecule has 124 valence electrons. The van der Waals surface area contributed by atoms with Crippen LogP contribution in [-0.4, -0.2) is 39.3 Å². The fourth-order valence-corrected chi connectivity index (χ4v) is 1.95. The van der Waals surface area contributed by atoms with Crippen LogP contribution < -0.4 is 4.74 Å². The molecule has 0 saturated carbocycles. The number of hydrogen-bond donors (Lipinski definition) is 1. The molecule has 0 unspecified atom stereocenters. The van der Waals surface area contributed by atoms with E-state index >= 15 is 0 Å². The minimum atomic E-state index is -0.472. The third-order valence-electron chi connectivity index (χ3n) is 3.01. The van der Waals surface area contributed by atoms with Crippen molar-refractivity contribution < 1.29 is 19.5 Å². The van der Waals surface area contributed by atoms with Gasteiger partial charge in [-0.05, 0) is 18.6 Å². The maximum absolute atomic E-state index is 11.5. The molecule has 7 nitrogen and oxygen atoms in total. The van der Waals surface area contributed by atoms with E-state index in [1.165, 1.54) is 12.3 Å². The molecule has 0 aliphatic rings. The van der Waals surface area contributed by atoms with Crippen LogP contribution in [0, 0.1) is 0 Å². The highest BCUT2D eigenvalue weighted by atomic mass is 35.5. The SMILES string of the molecule is CCCCCOC(=O)COc1cc(-c2ccc(Cl)cn2)n(O)n1. The Morgan fingerprint density at radius 3 is 2.91 bits per heavy atom. The van der Waals surface area contributed by atoms with Gasteiger partial charge in [-0.25, -0.2) is 4.79 Å². The second-order valence-electron chi connectivity index (χ2n) is 4.84. The zero-order valence-electron chi connectivity index (χ0n) is 12.7. The minimum absolute atomic E-state index is 0.102. The molecule has 0 aromatic carbocycles. The molecule has 0 bridgehead atoms. The molecule has 2 heterocycles. The minimum Gasteiger partial charge on any atom is -0.464 e. The van der Waals surface area contributed by atoms with E-state index in [9.17, 15) is 10.0 Å². The number of carbonyl (C=O) groups excluding carboxylic acids is 1. The molecule has 0 aliphatic carbocycles. The second kappa shape index (κ2) is 8.38. The van der Waals surface area contributed by atoms with Crippen LogP contribution in [-0.2, 0) is 9.53 Å². The lowest BCUT2D eigenvalue weighted by Crippen LogP contribution is -2.15. The molecule has 23 heavy (non-hydrogen) atoms. The number of esters is 1. The van der Waals surface area contributed by atoms with Crippen LogP contribution in [0.3, 0.4) is 0 Å². The van der Waals surface area contributed by atoms with Gasteiger partial charge in [0.05, 0.1) is 17.3 Å². The van der Waals surface area contributed by atoms with Gasteiger partial charge in [-0.15, -0.1) is 0 Å². The molecular weight excluding hydrogens is 322 g/mol. The van der Waals surface area contributed by atoms with Gasteiger partial charge in [0.2, 0.25) is 5.88 Å². The zero-order valence-corrected chi connectivity index (χ0v) is 13.5. The van der Waals surface area contributed by atoms with E-state index in [-0.39, 0.29) is 12.5 Å². The third-order valence-corrected chi connectivity index (χ3v) is 3.23. The normalized spacial score (nSPS) is 10.5. The molecule has 0 atom stereocenters. The third kappa shape index (κ3) is 5.14. The summed E-state index contributed by atoms with van der Waals surface area (Å²) >= 11 is 5.77. The Bertz CT molecular complexity index is 643. The van der Waals surface area contributed by atoms with Crippen molar-refractivity contribution in [3.05, 3.63) is 29.4 Å². The molecule has 0 radical (unpaired) electrons.